The molecular formula is C22H28N2O3. The molecule has 0 unspecified atom stereocenters. The molecule has 2 aromatic rings. The van der Waals surface area contributed by atoms with Crippen LogP contribution in [0.5, 0.6) is 0 Å². The van der Waals surface area contributed by atoms with E-state index < -0.39 is 0 Å². The summed E-state index contributed by atoms with van der Waals surface area (Å²) in [6, 6.07) is 7.31. The Morgan fingerprint density at radius 3 is 2.22 bits per heavy atom. The molecule has 0 amide bonds. The lowest BCUT2D eigenvalue weighted by Crippen LogP contribution is -2.28. The maximum Gasteiger partial charge on any atom is 0.338 e. The Bertz CT molecular complexity index is 720. The number of aromatic nitrogens is 2. The molecule has 5 heteroatoms. The lowest BCUT2D eigenvalue weighted by molar-refractivity contribution is -0.0163. The van der Waals surface area contributed by atoms with Gasteiger partial charge in [-0.05, 0) is 56.7 Å². The molecule has 0 N–H and O–H groups in total. The quantitative estimate of drug-likeness (QED) is 0.668. The van der Waals surface area contributed by atoms with Crippen molar-refractivity contribution >= 4 is 5.97 Å². The van der Waals surface area contributed by atoms with E-state index >= 15 is 0 Å². The van der Waals surface area contributed by atoms with E-state index in [1.165, 1.54) is 0 Å². The van der Waals surface area contributed by atoms with Crippen LogP contribution in [0.25, 0.3) is 11.4 Å². The molecule has 0 spiro atoms. The van der Waals surface area contributed by atoms with Crippen LogP contribution in [-0.4, -0.2) is 34.8 Å². The lowest BCUT2D eigenvalue weighted by Gasteiger charge is -2.28. The van der Waals surface area contributed by atoms with Gasteiger partial charge in [0.05, 0.1) is 11.7 Å². The van der Waals surface area contributed by atoms with E-state index in [0.29, 0.717) is 17.5 Å². The van der Waals surface area contributed by atoms with Gasteiger partial charge in [0.1, 0.15) is 6.10 Å². The van der Waals surface area contributed by atoms with Gasteiger partial charge in [0.15, 0.2) is 5.82 Å². The van der Waals surface area contributed by atoms with Crippen molar-refractivity contribution in [2.24, 2.45) is 0 Å². The number of rotatable bonds is 7. The fraction of sp³-hybridized carbons (Fsp3) is 0.500. The van der Waals surface area contributed by atoms with Crippen molar-refractivity contribution < 1.29 is 14.3 Å². The van der Waals surface area contributed by atoms with Gasteiger partial charge in [-0.2, -0.15) is 0 Å². The molecule has 1 saturated carbocycles. The Labute approximate surface area is 161 Å². The predicted molar refractivity (Wildman–Crippen MR) is 105 cm³/mol. The van der Waals surface area contributed by atoms with E-state index in [2.05, 4.69) is 16.9 Å². The Hall–Kier alpha value is -2.27. The van der Waals surface area contributed by atoms with Crippen LogP contribution in [-0.2, 0) is 15.9 Å². The van der Waals surface area contributed by atoms with Crippen LogP contribution in [0.1, 0.15) is 61.9 Å². The second kappa shape index (κ2) is 9.60. The Morgan fingerprint density at radius 1 is 1.00 bits per heavy atom. The maximum atomic E-state index is 12.4. The minimum absolute atomic E-state index is 0.0108. The Kier molecular flexibility index (Phi) is 6.93. The molecule has 0 saturated heterocycles. The van der Waals surface area contributed by atoms with Gasteiger partial charge in [-0.15, -0.1) is 0 Å². The first kappa shape index (κ1) is 19.5. The third-order valence-corrected chi connectivity index (χ3v) is 4.92. The monoisotopic (exact) mass is 368 g/mol. The van der Waals surface area contributed by atoms with Crippen molar-refractivity contribution in [3.63, 3.8) is 0 Å². The van der Waals surface area contributed by atoms with Gasteiger partial charge in [-0.1, -0.05) is 25.5 Å². The van der Waals surface area contributed by atoms with Gasteiger partial charge < -0.3 is 9.47 Å². The number of hydrogen-bond donors (Lipinski definition) is 0. The molecular weight excluding hydrogens is 340 g/mol. The van der Waals surface area contributed by atoms with E-state index in [1.807, 2.05) is 31.5 Å². The number of ether oxygens (including phenoxy) is 2. The smallest absolute Gasteiger partial charge is 0.338 e. The summed E-state index contributed by atoms with van der Waals surface area (Å²) >= 11 is 0. The summed E-state index contributed by atoms with van der Waals surface area (Å²) < 4.78 is 11.3. The third kappa shape index (κ3) is 5.36. The zero-order chi connectivity index (χ0) is 19.1. The van der Waals surface area contributed by atoms with Crippen molar-refractivity contribution in [1.82, 2.24) is 9.97 Å². The summed E-state index contributed by atoms with van der Waals surface area (Å²) in [6.45, 7) is 4.89. The molecule has 1 aliphatic rings. The standard InChI is InChI=1S/C22H28N2O3/c1-3-5-16-14-23-21(24-15-16)17-6-8-18(9-7-17)22(25)27-20-12-10-19(11-13-20)26-4-2/h6-9,14-15,19-20H,3-5,10-13H2,1-2H3/t19-,20-. The molecule has 1 aromatic heterocycles. The topological polar surface area (TPSA) is 61.3 Å². The molecule has 0 atom stereocenters. The minimum atomic E-state index is -0.263. The van der Waals surface area contributed by atoms with Crippen molar-refractivity contribution in [3.05, 3.63) is 47.8 Å². The normalized spacial score (nSPS) is 19.6. The summed E-state index contributed by atoms with van der Waals surface area (Å²) in [6.07, 6.45) is 9.74. The fourth-order valence-corrected chi connectivity index (χ4v) is 3.45. The van der Waals surface area contributed by atoms with Crippen LogP contribution < -0.4 is 0 Å². The number of aryl methyl sites for hydroxylation is 1. The average Bonchev–Trinajstić information content (AvgIpc) is 2.71. The minimum Gasteiger partial charge on any atom is -0.459 e. The van der Waals surface area contributed by atoms with E-state index in [4.69, 9.17) is 9.47 Å². The van der Waals surface area contributed by atoms with E-state index in [1.54, 1.807) is 12.1 Å². The lowest BCUT2D eigenvalue weighted by atomic mass is 9.95. The molecule has 1 aliphatic carbocycles. The molecule has 144 valence electrons. The van der Waals surface area contributed by atoms with E-state index in [-0.39, 0.29) is 12.1 Å². The highest BCUT2D eigenvalue weighted by molar-refractivity contribution is 5.90. The van der Waals surface area contributed by atoms with Crippen LogP contribution in [0.15, 0.2) is 36.7 Å². The molecule has 1 fully saturated rings. The third-order valence-electron chi connectivity index (χ3n) is 4.92. The number of esters is 1. The number of carbonyl (C=O) groups is 1. The van der Waals surface area contributed by atoms with E-state index in [9.17, 15) is 4.79 Å². The number of hydrogen-bond acceptors (Lipinski definition) is 5. The second-order valence-electron chi connectivity index (χ2n) is 7.00. The van der Waals surface area contributed by atoms with Gasteiger partial charge >= 0.3 is 5.97 Å². The molecule has 0 radical (unpaired) electrons. The highest BCUT2D eigenvalue weighted by Gasteiger charge is 2.24. The number of carbonyl (C=O) groups excluding carboxylic acids is 1. The zero-order valence-electron chi connectivity index (χ0n) is 16.2. The summed E-state index contributed by atoms with van der Waals surface area (Å²) in [4.78, 5) is 21.2. The van der Waals surface area contributed by atoms with Crippen LogP contribution in [0.3, 0.4) is 0 Å². The van der Waals surface area contributed by atoms with Gasteiger partial charge in [0, 0.05) is 24.6 Å². The molecule has 1 aromatic carbocycles. The predicted octanol–water partition coefficient (Wildman–Crippen LogP) is 4.60. The van der Waals surface area contributed by atoms with Gasteiger partial charge in [-0.3, -0.25) is 0 Å². The van der Waals surface area contributed by atoms with Crippen LogP contribution in [0.4, 0.5) is 0 Å². The molecule has 27 heavy (non-hydrogen) atoms. The Balaban J connectivity index is 1.56. The van der Waals surface area contributed by atoms with Crippen molar-refractivity contribution in [1.29, 1.82) is 0 Å². The first-order chi connectivity index (χ1) is 13.2. The van der Waals surface area contributed by atoms with Crippen LogP contribution >= 0.6 is 0 Å². The van der Waals surface area contributed by atoms with Gasteiger partial charge in [0.25, 0.3) is 0 Å². The first-order valence-corrected chi connectivity index (χ1v) is 9.93. The molecule has 3 rings (SSSR count). The highest BCUT2D eigenvalue weighted by Crippen LogP contribution is 2.24. The summed E-state index contributed by atoms with van der Waals surface area (Å²) in [5.41, 5.74) is 2.60. The number of nitrogens with zero attached hydrogens (tertiary/aromatic N) is 2. The van der Waals surface area contributed by atoms with Crippen LogP contribution in [0, 0.1) is 0 Å². The molecule has 0 bridgehead atoms. The maximum absolute atomic E-state index is 12.4. The average molecular weight is 368 g/mol. The molecule has 0 aliphatic heterocycles. The molecule has 5 nitrogen and oxygen atoms in total. The van der Waals surface area contributed by atoms with E-state index in [0.717, 1.165) is 56.3 Å². The summed E-state index contributed by atoms with van der Waals surface area (Å²) in [5.74, 6) is 0.407. The summed E-state index contributed by atoms with van der Waals surface area (Å²) in [7, 11) is 0. The molecule has 1 heterocycles. The van der Waals surface area contributed by atoms with Crippen molar-refractivity contribution in [2.75, 3.05) is 6.61 Å². The summed E-state index contributed by atoms with van der Waals surface area (Å²) in [5, 5.41) is 0. The van der Waals surface area contributed by atoms with Gasteiger partial charge in [0.2, 0.25) is 0 Å². The zero-order valence-corrected chi connectivity index (χ0v) is 16.2. The SMILES string of the molecule is CCCc1cnc(-c2ccc(C(=O)O[C@H]3CC[C@H](OCC)CC3)cc2)nc1. The van der Waals surface area contributed by atoms with Crippen LogP contribution in [0.2, 0.25) is 0 Å². The first-order valence-electron chi connectivity index (χ1n) is 9.93. The highest BCUT2D eigenvalue weighted by atomic mass is 16.5. The van der Waals surface area contributed by atoms with Crippen molar-refractivity contribution in [3.8, 4) is 11.4 Å². The van der Waals surface area contributed by atoms with Crippen molar-refractivity contribution in [2.45, 2.75) is 64.6 Å². The Morgan fingerprint density at radius 2 is 1.63 bits per heavy atom. The number of benzene rings is 1. The fourth-order valence-electron chi connectivity index (χ4n) is 3.45. The second-order valence-corrected chi connectivity index (χ2v) is 7.00. The van der Waals surface area contributed by atoms with Gasteiger partial charge in [-0.25, -0.2) is 14.8 Å². The largest absolute Gasteiger partial charge is 0.459 e.